The highest BCUT2D eigenvalue weighted by Gasteiger charge is 2.24. The number of amides is 1. The molecule has 2 aromatic carbocycles. The molecule has 2 aromatic rings. The minimum atomic E-state index is -3.79. The highest BCUT2D eigenvalue weighted by molar-refractivity contribution is 7.89. The second kappa shape index (κ2) is 8.58. The van der Waals surface area contributed by atoms with Crippen molar-refractivity contribution in [3.8, 4) is 5.75 Å². The van der Waals surface area contributed by atoms with Gasteiger partial charge in [0.1, 0.15) is 10.6 Å². The summed E-state index contributed by atoms with van der Waals surface area (Å²) in [6, 6.07) is 11.9. The van der Waals surface area contributed by atoms with Crippen LogP contribution >= 0.6 is 0 Å². The Labute approximate surface area is 166 Å². The predicted molar refractivity (Wildman–Crippen MR) is 112 cm³/mol. The normalized spacial score (nSPS) is 12.2. The monoisotopic (exact) mass is 402 g/mol. The number of carbonyl (C=O) groups excluding carboxylic acids is 1. The molecule has 0 aliphatic heterocycles. The van der Waals surface area contributed by atoms with E-state index in [1.165, 1.54) is 12.1 Å². The van der Waals surface area contributed by atoms with Crippen molar-refractivity contribution in [1.29, 1.82) is 0 Å². The zero-order valence-electron chi connectivity index (χ0n) is 16.7. The van der Waals surface area contributed by atoms with Crippen molar-refractivity contribution < 1.29 is 17.9 Å². The Kier molecular flexibility index (Phi) is 6.64. The van der Waals surface area contributed by atoms with Gasteiger partial charge in [0.25, 0.3) is 0 Å². The third-order valence-corrected chi connectivity index (χ3v) is 5.49. The van der Waals surface area contributed by atoms with Crippen LogP contribution in [0, 0.1) is 6.92 Å². The Morgan fingerprint density at radius 3 is 2.43 bits per heavy atom. The molecule has 1 amide bonds. The number of sulfonamides is 1. The lowest BCUT2D eigenvalue weighted by Gasteiger charge is -2.21. The molecule has 0 unspecified atom stereocenters. The molecule has 0 fully saturated rings. The third-order valence-electron chi connectivity index (χ3n) is 3.67. The number of carbonyl (C=O) groups is 1. The Balaban J connectivity index is 2.25. The van der Waals surface area contributed by atoms with Gasteiger partial charge in [0.2, 0.25) is 15.9 Å². The van der Waals surface area contributed by atoms with Crippen LogP contribution in [0.25, 0.3) is 6.08 Å². The molecule has 150 valence electrons. The van der Waals surface area contributed by atoms with E-state index in [0.29, 0.717) is 5.75 Å². The van der Waals surface area contributed by atoms with E-state index < -0.39 is 21.5 Å². The summed E-state index contributed by atoms with van der Waals surface area (Å²) in [4.78, 5) is 12.4. The molecule has 0 saturated carbocycles. The van der Waals surface area contributed by atoms with Crippen LogP contribution in [0.3, 0.4) is 0 Å². The van der Waals surface area contributed by atoms with Crippen LogP contribution in [0.15, 0.2) is 53.4 Å². The zero-order valence-corrected chi connectivity index (χ0v) is 17.6. The molecule has 0 aliphatic carbocycles. The molecule has 0 radical (unpaired) electrons. The van der Waals surface area contributed by atoms with Crippen molar-refractivity contribution >= 4 is 27.7 Å². The summed E-state index contributed by atoms with van der Waals surface area (Å²) >= 11 is 0. The van der Waals surface area contributed by atoms with E-state index in [4.69, 9.17) is 4.74 Å². The Hall–Kier alpha value is -2.64. The molecule has 2 N–H and O–H groups in total. The van der Waals surface area contributed by atoms with E-state index in [0.717, 1.165) is 11.1 Å². The number of nitrogens with one attached hydrogen (secondary N) is 2. The third kappa shape index (κ3) is 5.94. The standard InChI is InChI=1S/C21H26N2O4S/c1-15-10-12-18(27-5)16(14-15)11-13-20(24)22-17-8-6-7-9-19(17)28(25,26)23-21(2,3)4/h6-14,23H,1-5H3,(H,22,24)/b13-11+. The van der Waals surface area contributed by atoms with Gasteiger partial charge < -0.3 is 10.1 Å². The molecule has 0 saturated heterocycles. The number of benzene rings is 2. The molecule has 0 bridgehead atoms. The Morgan fingerprint density at radius 2 is 1.79 bits per heavy atom. The van der Waals surface area contributed by atoms with Crippen LogP contribution < -0.4 is 14.8 Å². The SMILES string of the molecule is COc1ccc(C)cc1/C=C/C(=O)Nc1ccccc1S(=O)(=O)NC(C)(C)C. The first kappa shape index (κ1) is 21.7. The van der Waals surface area contributed by atoms with Gasteiger partial charge in [-0.1, -0.05) is 23.8 Å². The van der Waals surface area contributed by atoms with Gasteiger partial charge in [-0.05, 0) is 58.0 Å². The number of hydrogen-bond acceptors (Lipinski definition) is 4. The van der Waals surface area contributed by atoms with E-state index >= 15 is 0 Å². The highest BCUT2D eigenvalue weighted by Crippen LogP contribution is 2.23. The number of rotatable bonds is 6. The first-order valence-electron chi connectivity index (χ1n) is 8.78. The number of ether oxygens (including phenoxy) is 1. The summed E-state index contributed by atoms with van der Waals surface area (Å²) in [6.45, 7) is 7.21. The van der Waals surface area contributed by atoms with Crippen LogP contribution in [0.4, 0.5) is 5.69 Å². The van der Waals surface area contributed by atoms with Crippen molar-refractivity contribution in [2.45, 2.75) is 38.1 Å². The predicted octanol–water partition coefficient (Wildman–Crippen LogP) is 3.73. The van der Waals surface area contributed by atoms with Gasteiger partial charge in [-0.15, -0.1) is 0 Å². The molecular formula is C21H26N2O4S. The lowest BCUT2D eigenvalue weighted by Crippen LogP contribution is -2.40. The second-order valence-corrected chi connectivity index (χ2v) is 9.07. The summed E-state index contributed by atoms with van der Waals surface area (Å²) < 4.78 is 33.2. The minimum Gasteiger partial charge on any atom is -0.496 e. The summed E-state index contributed by atoms with van der Waals surface area (Å²) in [5.41, 5.74) is 1.36. The maximum atomic E-state index is 12.7. The highest BCUT2D eigenvalue weighted by atomic mass is 32.2. The maximum absolute atomic E-state index is 12.7. The zero-order chi connectivity index (χ0) is 20.9. The van der Waals surface area contributed by atoms with Crippen molar-refractivity contribution in [3.63, 3.8) is 0 Å². The van der Waals surface area contributed by atoms with E-state index in [1.807, 2.05) is 25.1 Å². The second-order valence-electron chi connectivity index (χ2n) is 7.42. The summed E-state index contributed by atoms with van der Waals surface area (Å²) in [5, 5.41) is 2.64. The largest absolute Gasteiger partial charge is 0.496 e. The minimum absolute atomic E-state index is 0.0137. The number of hydrogen-bond donors (Lipinski definition) is 2. The lowest BCUT2D eigenvalue weighted by atomic mass is 10.1. The first-order chi connectivity index (χ1) is 13.0. The molecule has 0 aromatic heterocycles. The molecule has 0 heterocycles. The quantitative estimate of drug-likeness (QED) is 0.721. The molecule has 2 rings (SSSR count). The van der Waals surface area contributed by atoms with Crippen LogP contribution in [-0.4, -0.2) is 27.0 Å². The fourth-order valence-electron chi connectivity index (χ4n) is 2.59. The van der Waals surface area contributed by atoms with Gasteiger partial charge in [0, 0.05) is 17.2 Å². The van der Waals surface area contributed by atoms with Gasteiger partial charge in [-0.25, -0.2) is 13.1 Å². The topological polar surface area (TPSA) is 84.5 Å². The van der Waals surface area contributed by atoms with E-state index in [-0.39, 0.29) is 10.6 Å². The van der Waals surface area contributed by atoms with E-state index in [1.54, 1.807) is 52.2 Å². The lowest BCUT2D eigenvalue weighted by molar-refractivity contribution is -0.111. The molecular weight excluding hydrogens is 376 g/mol. The molecule has 0 aliphatic rings. The smallest absolute Gasteiger partial charge is 0.248 e. The fourth-order valence-corrected chi connectivity index (χ4v) is 4.17. The van der Waals surface area contributed by atoms with E-state index in [9.17, 15) is 13.2 Å². The number of methoxy groups -OCH3 is 1. The van der Waals surface area contributed by atoms with Crippen molar-refractivity contribution in [3.05, 3.63) is 59.7 Å². The van der Waals surface area contributed by atoms with Crippen LogP contribution in [0.5, 0.6) is 5.75 Å². The van der Waals surface area contributed by atoms with Crippen LogP contribution in [0.1, 0.15) is 31.9 Å². The first-order valence-corrected chi connectivity index (χ1v) is 10.3. The average molecular weight is 403 g/mol. The van der Waals surface area contributed by atoms with Gasteiger partial charge in [-0.2, -0.15) is 0 Å². The van der Waals surface area contributed by atoms with Crippen LogP contribution in [-0.2, 0) is 14.8 Å². The van der Waals surface area contributed by atoms with Gasteiger partial charge >= 0.3 is 0 Å². The van der Waals surface area contributed by atoms with Gasteiger partial charge in [0.15, 0.2) is 0 Å². The number of para-hydroxylation sites is 1. The van der Waals surface area contributed by atoms with E-state index in [2.05, 4.69) is 10.0 Å². The Bertz CT molecular complexity index is 990. The molecule has 6 nitrogen and oxygen atoms in total. The molecule has 7 heteroatoms. The summed E-state index contributed by atoms with van der Waals surface area (Å²) in [7, 11) is -2.23. The van der Waals surface area contributed by atoms with Crippen molar-refractivity contribution in [1.82, 2.24) is 4.72 Å². The fraction of sp³-hybridized carbons (Fsp3) is 0.286. The van der Waals surface area contributed by atoms with Crippen LogP contribution in [0.2, 0.25) is 0 Å². The average Bonchev–Trinajstić information content (AvgIpc) is 2.58. The van der Waals surface area contributed by atoms with Gasteiger partial charge in [0.05, 0.1) is 12.8 Å². The van der Waals surface area contributed by atoms with Crippen molar-refractivity contribution in [2.24, 2.45) is 0 Å². The number of aryl methyl sites for hydroxylation is 1. The van der Waals surface area contributed by atoms with Gasteiger partial charge in [-0.3, -0.25) is 4.79 Å². The number of anilines is 1. The molecule has 0 spiro atoms. The Morgan fingerprint density at radius 1 is 1.11 bits per heavy atom. The maximum Gasteiger partial charge on any atom is 0.248 e. The van der Waals surface area contributed by atoms with Crippen molar-refractivity contribution in [2.75, 3.05) is 12.4 Å². The molecule has 28 heavy (non-hydrogen) atoms. The summed E-state index contributed by atoms with van der Waals surface area (Å²) in [6.07, 6.45) is 2.98. The molecule has 0 atom stereocenters. The summed E-state index contributed by atoms with van der Waals surface area (Å²) in [5.74, 6) is 0.203.